The number of carbonyl (C=O) groups excluding carboxylic acids is 2. The Hall–Kier alpha value is -1.57. The zero-order chi connectivity index (χ0) is 18.4. The van der Waals surface area contributed by atoms with E-state index in [-0.39, 0.29) is 12.5 Å². The van der Waals surface area contributed by atoms with Gasteiger partial charge in [0.1, 0.15) is 18.0 Å². The standard InChI is InChI=1S/C18H23NO5S/c1-11(20)18(23-4)15(22)19-13(17(2,3)25-16(18)19)14(21)24-10-12-8-6-5-7-9-12/h5-9,11,13,16,20H,10H2,1-4H3/t11?,13-,16+,18?/m0/s1. The van der Waals surface area contributed by atoms with Crippen LogP contribution >= 0.6 is 11.8 Å². The molecule has 1 aromatic carbocycles. The molecule has 0 spiro atoms. The van der Waals surface area contributed by atoms with Crippen LogP contribution in [0.3, 0.4) is 0 Å². The van der Waals surface area contributed by atoms with Crippen molar-refractivity contribution < 1.29 is 24.2 Å². The molecule has 1 aromatic rings. The molecule has 1 amide bonds. The van der Waals surface area contributed by atoms with Gasteiger partial charge in [-0.1, -0.05) is 30.3 Å². The van der Waals surface area contributed by atoms with Gasteiger partial charge >= 0.3 is 5.97 Å². The van der Waals surface area contributed by atoms with Crippen molar-refractivity contribution in [3.05, 3.63) is 35.9 Å². The lowest BCUT2D eigenvalue weighted by Gasteiger charge is -2.53. The van der Waals surface area contributed by atoms with Crippen LogP contribution in [-0.2, 0) is 25.7 Å². The fourth-order valence-corrected chi connectivity index (χ4v) is 5.40. The van der Waals surface area contributed by atoms with E-state index in [1.165, 1.54) is 30.7 Å². The largest absolute Gasteiger partial charge is 0.459 e. The molecule has 2 heterocycles. The summed E-state index contributed by atoms with van der Waals surface area (Å²) in [6.07, 6.45) is -0.964. The highest BCUT2D eigenvalue weighted by atomic mass is 32.2. The number of esters is 1. The summed E-state index contributed by atoms with van der Waals surface area (Å²) in [6, 6.07) is 8.70. The fraction of sp³-hybridized carbons (Fsp3) is 0.556. The first-order valence-corrected chi connectivity index (χ1v) is 9.08. The smallest absolute Gasteiger partial charge is 0.330 e. The van der Waals surface area contributed by atoms with Gasteiger partial charge in [0.25, 0.3) is 5.91 Å². The number of rotatable bonds is 5. The van der Waals surface area contributed by atoms with Gasteiger partial charge in [0, 0.05) is 11.9 Å². The number of hydrogen-bond acceptors (Lipinski definition) is 6. The van der Waals surface area contributed by atoms with Crippen LogP contribution in [0.2, 0.25) is 0 Å². The van der Waals surface area contributed by atoms with E-state index in [0.29, 0.717) is 0 Å². The van der Waals surface area contributed by atoms with Crippen LogP contribution in [0.5, 0.6) is 0 Å². The topological polar surface area (TPSA) is 76.1 Å². The van der Waals surface area contributed by atoms with Crippen molar-refractivity contribution in [3.63, 3.8) is 0 Å². The molecule has 2 unspecified atom stereocenters. The summed E-state index contributed by atoms with van der Waals surface area (Å²) in [6.45, 7) is 5.50. The third-order valence-electron chi connectivity index (χ3n) is 4.95. The zero-order valence-electron chi connectivity index (χ0n) is 14.8. The lowest BCUT2D eigenvalue weighted by molar-refractivity contribution is -0.212. The Balaban J connectivity index is 1.78. The molecule has 2 aliphatic heterocycles. The third-order valence-corrected chi connectivity index (χ3v) is 6.58. The molecule has 7 heteroatoms. The molecule has 2 aliphatic rings. The second-order valence-electron chi connectivity index (χ2n) is 6.96. The predicted molar refractivity (Wildman–Crippen MR) is 93.8 cm³/mol. The van der Waals surface area contributed by atoms with Gasteiger partial charge in [0.15, 0.2) is 0 Å². The monoisotopic (exact) mass is 365 g/mol. The Bertz CT molecular complexity index is 677. The van der Waals surface area contributed by atoms with E-state index < -0.39 is 33.8 Å². The van der Waals surface area contributed by atoms with E-state index in [1.807, 2.05) is 44.2 Å². The van der Waals surface area contributed by atoms with Crippen molar-refractivity contribution in [1.82, 2.24) is 4.90 Å². The normalized spacial score (nSPS) is 31.2. The first-order chi connectivity index (χ1) is 11.8. The van der Waals surface area contributed by atoms with Crippen molar-refractivity contribution in [1.29, 1.82) is 0 Å². The van der Waals surface area contributed by atoms with Gasteiger partial charge in [-0.05, 0) is 26.3 Å². The molecular weight excluding hydrogens is 342 g/mol. The summed E-state index contributed by atoms with van der Waals surface area (Å²) < 4.78 is 10.3. The second-order valence-corrected chi connectivity index (χ2v) is 8.69. The van der Waals surface area contributed by atoms with Crippen LogP contribution in [-0.4, -0.2) is 56.9 Å². The van der Waals surface area contributed by atoms with Gasteiger partial charge < -0.3 is 19.5 Å². The zero-order valence-corrected chi connectivity index (χ0v) is 15.6. The van der Waals surface area contributed by atoms with Gasteiger partial charge in [0.2, 0.25) is 5.60 Å². The van der Waals surface area contributed by atoms with E-state index in [1.54, 1.807) is 0 Å². The number of amides is 1. The van der Waals surface area contributed by atoms with Crippen LogP contribution in [0.15, 0.2) is 30.3 Å². The maximum absolute atomic E-state index is 12.7. The number of benzene rings is 1. The molecular formula is C18H23NO5S. The Morgan fingerprint density at radius 1 is 1.36 bits per heavy atom. The number of fused-ring (bicyclic) bond motifs is 1. The Labute approximate surface area is 151 Å². The van der Waals surface area contributed by atoms with Crippen LogP contribution in [0, 0.1) is 0 Å². The average molecular weight is 365 g/mol. The van der Waals surface area contributed by atoms with E-state index in [9.17, 15) is 14.7 Å². The lowest BCUT2D eigenvalue weighted by Crippen LogP contribution is -2.78. The fourth-order valence-electron chi connectivity index (χ4n) is 3.59. The number of aliphatic hydroxyl groups is 1. The van der Waals surface area contributed by atoms with Crippen LogP contribution in [0.4, 0.5) is 0 Å². The minimum atomic E-state index is -1.30. The first kappa shape index (κ1) is 18.2. The summed E-state index contributed by atoms with van der Waals surface area (Å²) in [5.41, 5.74) is -0.405. The van der Waals surface area contributed by atoms with E-state index >= 15 is 0 Å². The number of methoxy groups -OCH3 is 1. The number of β-lactam (4-membered cyclic amide) rings is 1. The molecule has 4 atom stereocenters. The summed E-state index contributed by atoms with van der Waals surface area (Å²) in [4.78, 5) is 26.9. The molecule has 0 aromatic heterocycles. The number of ether oxygens (including phenoxy) is 2. The number of hydrogen-bond donors (Lipinski definition) is 1. The highest BCUT2D eigenvalue weighted by Crippen LogP contribution is 2.57. The maximum Gasteiger partial charge on any atom is 0.330 e. The minimum absolute atomic E-state index is 0.162. The minimum Gasteiger partial charge on any atom is -0.459 e. The van der Waals surface area contributed by atoms with Crippen molar-refractivity contribution in [3.8, 4) is 0 Å². The lowest BCUT2D eigenvalue weighted by atomic mass is 9.83. The van der Waals surface area contributed by atoms with E-state index in [2.05, 4.69) is 0 Å². The molecule has 0 bridgehead atoms. The number of thioether (sulfide) groups is 1. The van der Waals surface area contributed by atoms with E-state index in [0.717, 1.165) is 5.56 Å². The highest BCUT2D eigenvalue weighted by Gasteiger charge is 2.74. The molecule has 1 N–H and O–H groups in total. The quantitative estimate of drug-likeness (QED) is 0.630. The van der Waals surface area contributed by atoms with Crippen LogP contribution < -0.4 is 0 Å². The predicted octanol–water partition coefficient (Wildman–Crippen LogP) is 1.56. The van der Waals surface area contributed by atoms with Gasteiger partial charge in [0.05, 0.1) is 6.10 Å². The molecule has 0 radical (unpaired) electrons. The van der Waals surface area contributed by atoms with Gasteiger partial charge in [-0.25, -0.2) is 4.79 Å². The van der Waals surface area contributed by atoms with Gasteiger partial charge in [-0.15, -0.1) is 11.8 Å². The SMILES string of the molecule is COC1(C(C)O)C(=O)N2[C@@H](C(=O)OCc3ccccc3)C(C)(C)S[C@@H]21. The average Bonchev–Trinajstić information content (AvgIpc) is 2.83. The van der Waals surface area contributed by atoms with Gasteiger partial charge in [-0.3, -0.25) is 4.79 Å². The molecule has 0 aliphatic carbocycles. The molecule has 25 heavy (non-hydrogen) atoms. The van der Waals surface area contributed by atoms with Crippen molar-refractivity contribution >= 4 is 23.6 Å². The molecule has 136 valence electrons. The molecule has 6 nitrogen and oxygen atoms in total. The maximum atomic E-state index is 12.7. The molecule has 2 saturated heterocycles. The van der Waals surface area contributed by atoms with Crippen molar-refractivity contribution in [2.45, 2.75) is 55.2 Å². The second kappa shape index (κ2) is 6.30. The number of nitrogens with zero attached hydrogens (tertiary/aromatic N) is 1. The summed E-state index contributed by atoms with van der Waals surface area (Å²) in [5.74, 6) is -0.803. The molecule has 2 fully saturated rings. The third kappa shape index (κ3) is 2.65. The number of aliphatic hydroxyl groups excluding tert-OH is 1. The Morgan fingerprint density at radius 2 is 2.00 bits per heavy atom. The number of carbonyl (C=O) groups is 2. The van der Waals surface area contributed by atoms with Crippen molar-refractivity contribution in [2.75, 3.05) is 7.11 Å². The van der Waals surface area contributed by atoms with Crippen LogP contribution in [0.25, 0.3) is 0 Å². The summed E-state index contributed by atoms with van der Waals surface area (Å²) in [7, 11) is 1.41. The Morgan fingerprint density at radius 3 is 2.56 bits per heavy atom. The summed E-state index contributed by atoms with van der Waals surface area (Å²) in [5, 5.41) is 9.68. The first-order valence-electron chi connectivity index (χ1n) is 8.20. The molecule has 0 saturated carbocycles. The molecule has 3 rings (SSSR count). The van der Waals surface area contributed by atoms with Crippen LogP contribution in [0.1, 0.15) is 26.3 Å². The van der Waals surface area contributed by atoms with E-state index in [4.69, 9.17) is 9.47 Å². The Kier molecular flexibility index (Phi) is 4.59. The van der Waals surface area contributed by atoms with Gasteiger partial charge in [-0.2, -0.15) is 0 Å². The highest BCUT2D eigenvalue weighted by molar-refractivity contribution is 8.01. The van der Waals surface area contributed by atoms with Crippen molar-refractivity contribution in [2.24, 2.45) is 0 Å². The summed E-state index contributed by atoms with van der Waals surface area (Å²) >= 11 is 1.46.